The molecule has 290 valence electrons. The molecule has 0 saturated carbocycles. The molecule has 0 spiro atoms. The number of benzene rings is 4. The second kappa shape index (κ2) is 15.5. The first-order chi connectivity index (χ1) is 26.9. The van der Waals surface area contributed by atoms with E-state index in [2.05, 4.69) is 51.0 Å². The maximum Gasteiger partial charge on any atom is 0.411 e. The number of fused-ring (bicyclic) bond motifs is 6. The van der Waals surface area contributed by atoms with E-state index >= 15 is 0 Å². The second-order valence-electron chi connectivity index (χ2n) is 15.5. The van der Waals surface area contributed by atoms with Crippen molar-refractivity contribution >= 4 is 50.2 Å². The first kappa shape index (κ1) is 37.9. The number of hydrogen-bond donors (Lipinski definition) is 6. The Morgan fingerprint density at radius 1 is 0.964 bits per heavy atom. The summed E-state index contributed by atoms with van der Waals surface area (Å²) in [6.45, 7) is 0.668. The van der Waals surface area contributed by atoms with E-state index in [9.17, 15) is 24.6 Å². The predicted octanol–water partition coefficient (Wildman–Crippen LogP) is 6.36. The maximum absolute atomic E-state index is 13.3. The van der Waals surface area contributed by atoms with Gasteiger partial charge in [0.15, 0.2) is 0 Å². The fraction of sp³-hybridized carbons (Fsp3) is 0.326. The van der Waals surface area contributed by atoms with Crippen LogP contribution in [0.1, 0.15) is 42.1 Å². The number of amides is 2. The number of aromatic nitrogens is 1. The van der Waals surface area contributed by atoms with E-state index in [4.69, 9.17) is 9.47 Å². The fourth-order valence-corrected chi connectivity index (χ4v) is 9.08. The Kier molecular flexibility index (Phi) is 10.5. The van der Waals surface area contributed by atoms with Crippen molar-refractivity contribution in [3.8, 4) is 16.9 Å². The molecule has 3 aliphatic rings. The number of epoxide rings is 1. The lowest BCUT2D eigenvalue weighted by Crippen LogP contribution is -2.60. The van der Waals surface area contributed by atoms with E-state index in [0.717, 1.165) is 44.1 Å². The van der Waals surface area contributed by atoms with Crippen molar-refractivity contribution in [2.24, 2.45) is 0 Å². The van der Waals surface area contributed by atoms with Crippen LogP contribution in [0.3, 0.4) is 0 Å². The number of carbonyl (C=O) groups is 2. The summed E-state index contributed by atoms with van der Waals surface area (Å²) in [5.41, 5.74) is 5.46. The van der Waals surface area contributed by atoms with Gasteiger partial charge in [0.05, 0.1) is 31.4 Å². The Labute approximate surface area is 332 Å². The second-order valence-corrected chi connectivity index (χ2v) is 16.3. The standard InChI is InChI=1S/C43H44BrN5O7/c1-49(2)34-20-28(21-35(49)42-41(34)56-42)55-43(54)47-33-18-24(8-12-29(33)25-6-4-3-5-7-25)9-16-38(52)46-27-11-10-26(32(44)19-27)22-45-23-37(51)30-13-15-36(50)40-31(30)14-17-39(53)48-40/h3-8,10-15,17-19,28,34-35,37,41-42,45,51H,9,16,20-23H2,1-2H3,(H3-,46,47,48,50,52,53,54)/p+1/t28-,34-,35+,37-,41-,42+/m0/s1. The number of phenols is 1. The number of carbonyl (C=O) groups excluding carboxylic acids is 2. The highest BCUT2D eigenvalue weighted by molar-refractivity contribution is 9.10. The number of anilines is 2. The normalized spacial score (nSPS) is 22.2. The number of hydrogen-bond acceptors (Lipinski definition) is 8. The lowest BCUT2D eigenvalue weighted by atomic mass is 9.96. The number of rotatable bonds is 12. The number of halogens is 1. The summed E-state index contributed by atoms with van der Waals surface area (Å²) in [5, 5.41) is 30.9. The van der Waals surface area contributed by atoms with Crippen molar-refractivity contribution in [1.29, 1.82) is 0 Å². The van der Waals surface area contributed by atoms with E-state index in [0.29, 0.717) is 47.4 Å². The van der Waals surface area contributed by atoms with Crippen LogP contribution in [0.4, 0.5) is 16.2 Å². The number of pyridine rings is 1. The molecule has 6 N–H and O–H groups in total. The van der Waals surface area contributed by atoms with Gasteiger partial charge in [0.25, 0.3) is 0 Å². The lowest BCUT2D eigenvalue weighted by molar-refractivity contribution is -0.938. The number of piperidine rings is 1. The quantitative estimate of drug-likeness (QED) is 0.0625. The van der Waals surface area contributed by atoms with E-state index in [-0.39, 0.29) is 54.0 Å². The van der Waals surface area contributed by atoms with Gasteiger partial charge in [-0.1, -0.05) is 70.5 Å². The third-order valence-electron chi connectivity index (χ3n) is 11.6. The summed E-state index contributed by atoms with van der Waals surface area (Å²) in [7, 11) is 4.50. The number of aryl methyl sites for hydroxylation is 1. The summed E-state index contributed by atoms with van der Waals surface area (Å²) < 4.78 is 13.6. The zero-order chi connectivity index (χ0) is 39.1. The largest absolute Gasteiger partial charge is 0.506 e. The summed E-state index contributed by atoms with van der Waals surface area (Å²) in [6, 6.07) is 28.0. The van der Waals surface area contributed by atoms with Crippen LogP contribution >= 0.6 is 15.9 Å². The van der Waals surface area contributed by atoms with Crippen LogP contribution in [0.5, 0.6) is 5.75 Å². The molecule has 13 heteroatoms. The number of nitrogens with one attached hydrogen (secondary N) is 4. The SMILES string of the molecule is C[N+]1(C)[C@@H]2C[C@@H](OC(=O)Nc3cc(CCC(=O)Nc4ccc(CNC[C@H](O)c5ccc(O)c6[nH]c(=O)ccc56)c(Br)c4)ccc3-c3ccccc3)C[C@H]1[C@@H]1O[C@@H]12. The lowest BCUT2D eigenvalue weighted by Gasteiger charge is -2.45. The minimum atomic E-state index is -0.887. The van der Waals surface area contributed by atoms with Crippen LogP contribution in [0.2, 0.25) is 0 Å². The smallest absolute Gasteiger partial charge is 0.411 e. The highest BCUT2D eigenvalue weighted by Crippen LogP contribution is 2.51. The molecule has 2 amide bonds. The molecule has 2 bridgehead atoms. The van der Waals surface area contributed by atoms with Crippen molar-refractivity contribution in [1.82, 2.24) is 10.3 Å². The van der Waals surface area contributed by atoms with Crippen LogP contribution < -0.4 is 21.5 Å². The van der Waals surface area contributed by atoms with Crippen molar-refractivity contribution in [3.05, 3.63) is 123 Å². The molecular formula is C43H45BrN5O7+. The molecule has 1 aromatic heterocycles. The van der Waals surface area contributed by atoms with E-state index in [1.54, 1.807) is 12.1 Å². The number of aliphatic hydroxyl groups excluding tert-OH is 1. The Morgan fingerprint density at radius 3 is 2.48 bits per heavy atom. The van der Waals surface area contributed by atoms with Gasteiger partial charge in [-0.2, -0.15) is 0 Å². The zero-order valence-electron chi connectivity index (χ0n) is 31.1. The summed E-state index contributed by atoms with van der Waals surface area (Å²) in [6.07, 6.45) is 1.28. The Morgan fingerprint density at radius 2 is 1.73 bits per heavy atom. The number of likely N-dealkylation sites (N-methyl/N-ethyl adjacent to an activating group) is 1. The van der Waals surface area contributed by atoms with Crippen LogP contribution in [-0.4, -0.2) is 82.7 Å². The summed E-state index contributed by atoms with van der Waals surface area (Å²) >= 11 is 3.61. The average Bonchev–Trinajstić information content (AvgIpc) is 3.94. The highest BCUT2D eigenvalue weighted by atomic mass is 79.9. The highest BCUT2D eigenvalue weighted by Gasteiger charge is 2.70. The van der Waals surface area contributed by atoms with Crippen LogP contribution in [0.25, 0.3) is 22.0 Å². The Bertz CT molecular complexity index is 2330. The van der Waals surface area contributed by atoms with E-state index in [1.165, 1.54) is 12.1 Å². The molecule has 8 rings (SSSR count). The number of H-pyrrole nitrogens is 1. The molecule has 3 saturated heterocycles. The third-order valence-corrected chi connectivity index (χ3v) is 12.4. The van der Waals surface area contributed by atoms with E-state index < -0.39 is 12.2 Å². The third kappa shape index (κ3) is 7.82. The van der Waals surface area contributed by atoms with Crippen LogP contribution in [0, 0.1) is 0 Å². The van der Waals surface area contributed by atoms with Crippen LogP contribution in [-0.2, 0) is 27.2 Å². The molecule has 3 aliphatic heterocycles. The number of aromatic hydroxyl groups is 1. The number of morpholine rings is 1. The molecule has 0 aliphatic carbocycles. The first-order valence-corrected chi connectivity index (χ1v) is 19.7. The zero-order valence-corrected chi connectivity index (χ0v) is 32.7. The Balaban J connectivity index is 0.855. The van der Waals surface area contributed by atoms with Gasteiger partial charge in [-0.15, -0.1) is 0 Å². The van der Waals surface area contributed by atoms with Crippen LogP contribution in [0.15, 0.2) is 100 Å². The number of quaternary nitrogens is 1. The number of aliphatic hydroxyl groups is 1. The summed E-state index contributed by atoms with van der Waals surface area (Å²) in [4.78, 5) is 40.8. The average molecular weight is 824 g/mol. The molecule has 6 atom stereocenters. The number of phenolic OH excluding ortho intramolecular Hbond substituents is 1. The van der Waals surface area contributed by atoms with Gasteiger partial charge >= 0.3 is 6.09 Å². The minimum Gasteiger partial charge on any atom is -0.506 e. The molecule has 4 aromatic carbocycles. The molecule has 3 fully saturated rings. The minimum absolute atomic E-state index is 0.0620. The van der Waals surface area contributed by atoms with Gasteiger partial charge in [0.1, 0.15) is 36.1 Å². The van der Waals surface area contributed by atoms with E-state index in [1.807, 2.05) is 66.7 Å². The molecule has 4 heterocycles. The molecule has 0 radical (unpaired) electrons. The van der Waals surface area contributed by atoms with Gasteiger partial charge in [-0.05, 0) is 59.0 Å². The molecule has 5 aromatic rings. The number of nitrogens with zero attached hydrogens (tertiary/aromatic N) is 1. The first-order valence-electron chi connectivity index (χ1n) is 18.9. The summed E-state index contributed by atoms with van der Waals surface area (Å²) in [5.74, 6) is -0.210. The molecule has 56 heavy (non-hydrogen) atoms. The van der Waals surface area contributed by atoms with Crippen molar-refractivity contribution in [2.75, 3.05) is 31.3 Å². The molecule has 0 unspecified atom stereocenters. The predicted molar refractivity (Wildman–Crippen MR) is 217 cm³/mol. The topological polar surface area (TPSA) is 165 Å². The van der Waals surface area contributed by atoms with Gasteiger partial charge in [0.2, 0.25) is 11.5 Å². The van der Waals surface area contributed by atoms with Crippen molar-refractivity contribution in [2.45, 2.75) is 68.7 Å². The van der Waals surface area contributed by atoms with Gasteiger partial charge < -0.3 is 39.8 Å². The Hall–Kier alpha value is -5.05. The van der Waals surface area contributed by atoms with Gasteiger partial charge in [-0.3, -0.25) is 14.9 Å². The number of aromatic amines is 1. The fourth-order valence-electron chi connectivity index (χ4n) is 8.56. The monoisotopic (exact) mass is 822 g/mol. The van der Waals surface area contributed by atoms with Crippen molar-refractivity contribution in [3.63, 3.8) is 0 Å². The maximum atomic E-state index is 13.3. The number of ether oxygens (including phenoxy) is 2. The molecule has 12 nitrogen and oxygen atoms in total. The van der Waals surface area contributed by atoms with Crippen molar-refractivity contribution < 1.29 is 33.8 Å². The van der Waals surface area contributed by atoms with Gasteiger partial charge in [-0.25, -0.2) is 4.79 Å². The molecular weight excluding hydrogens is 778 g/mol. The van der Waals surface area contributed by atoms with Gasteiger partial charge in [0, 0.05) is 59.5 Å².